The van der Waals surface area contributed by atoms with E-state index in [2.05, 4.69) is 33.2 Å². The zero-order valence-corrected chi connectivity index (χ0v) is 13.8. The van der Waals surface area contributed by atoms with Crippen LogP contribution in [-0.4, -0.2) is 12.5 Å². The monoisotopic (exact) mass is 400 g/mol. The fraction of sp³-hybridized carbons (Fsp3) is 0.133. The van der Waals surface area contributed by atoms with E-state index >= 15 is 0 Å². The number of benzene rings is 2. The lowest BCUT2D eigenvalue weighted by atomic mass is 10.2. The lowest BCUT2D eigenvalue weighted by molar-refractivity contribution is -0.114. The van der Waals surface area contributed by atoms with Crippen molar-refractivity contribution in [1.29, 1.82) is 0 Å². The summed E-state index contributed by atoms with van der Waals surface area (Å²) in [7, 11) is 0. The molecule has 0 radical (unpaired) electrons. The first-order valence-electron chi connectivity index (χ1n) is 6.11. The average Bonchev–Trinajstić information content (AvgIpc) is 2.43. The second-order valence-corrected chi connectivity index (χ2v) is 5.86. The number of rotatable bonds is 4. The Morgan fingerprint density at radius 2 is 1.85 bits per heavy atom. The van der Waals surface area contributed by atoms with Crippen LogP contribution < -0.4 is 10.6 Å². The van der Waals surface area contributed by atoms with E-state index in [4.69, 9.17) is 11.6 Å². The third-order valence-corrected chi connectivity index (χ3v) is 4.21. The number of hydrogen-bond donors (Lipinski definition) is 2. The molecule has 0 unspecified atom stereocenters. The Labute approximate surface area is 136 Å². The van der Waals surface area contributed by atoms with Gasteiger partial charge in [0.15, 0.2) is 0 Å². The highest BCUT2D eigenvalue weighted by molar-refractivity contribution is 14.1. The quantitative estimate of drug-likeness (QED) is 0.751. The van der Waals surface area contributed by atoms with Gasteiger partial charge >= 0.3 is 0 Å². The molecule has 0 atom stereocenters. The molecule has 3 nitrogen and oxygen atoms in total. The first-order chi connectivity index (χ1) is 9.58. The van der Waals surface area contributed by atoms with Gasteiger partial charge in [-0.2, -0.15) is 0 Å². The molecule has 5 heteroatoms. The van der Waals surface area contributed by atoms with E-state index in [-0.39, 0.29) is 12.5 Å². The van der Waals surface area contributed by atoms with Crippen molar-refractivity contribution in [3.63, 3.8) is 0 Å². The van der Waals surface area contributed by atoms with Crippen molar-refractivity contribution in [1.82, 2.24) is 0 Å². The number of hydrogen-bond acceptors (Lipinski definition) is 2. The predicted molar refractivity (Wildman–Crippen MR) is 92.5 cm³/mol. The Bertz CT molecular complexity index is 631. The van der Waals surface area contributed by atoms with Crippen molar-refractivity contribution < 1.29 is 4.79 Å². The second kappa shape index (κ2) is 6.95. The van der Waals surface area contributed by atoms with Gasteiger partial charge in [-0.25, -0.2) is 0 Å². The molecule has 0 saturated heterocycles. The first-order valence-corrected chi connectivity index (χ1v) is 7.57. The van der Waals surface area contributed by atoms with Gasteiger partial charge < -0.3 is 10.6 Å². The highest BCUT2D eigenvalue weighted by Crippen LogP contribution is 2.22. The molecule has 0 aliphatic heterocycles. The van der Waals surface area contributed by atoms with Gasteiger partial charge in [-0.05, 0) is 59.3 Å². The summed E-state index contributed by atoms with van der Waals surface area (Å²) in [4.78, 5) is 11.9. The molecule has 0 fully saturated rings. The van der Waals surface area contributed by atoms with E-state index in [1.54, 1.807) is 0 Å². The maximum atomic E-state index is 11.9. The summed E-state index contributed by atoms with van der Waals surface area (Å²) in [6.07, 6.45) is 0. The van der Waals surface area contributed by atoms with Crippen LogP contribution in [0.25, 0.3) is 0 Å². The third kappa shape index (κ3) is 3.86. The summed E-state index contributed by atoms with van der Waals surface area (Å²) in [5.41, 5.74) is 2.63. The Balaban J connectivity index is 1.96. The van der Waals surface area contributed by atoms with Crippen LogP contribution in [0.3, 0.4) is 0 Å². The number of carbonyl (C=O) groups excluding carboxylic acids is 1. The number of anilines is 2. The van der Waals surface area contributed by atoms with Gasteiger partial charge in [0.05, 0.1) is 12.2 Å². The molecule has 0 spiro atoms. The van der Waals surface area contributed by atoms with E-state index < -0.39 is 0 Å². The molecule has 104 valence electrons. The predicted octanol–water partition coefficient (Wildman–Crippen LogP) is 4.30. The molecule has 0 aromatic heterocycles. The normalized spacial score (nSPS) is 10.2. The van der Waals surface area contributed by atoms with Gasteiger partial charge in [0.2, 0.25) is 5.91 Å². The lowest BCUT2D eigenvalue weighted by Gasteiger charge is -2.11. The van der Waals surface area contributed by atoms with Gasteiger partial charge in [0.1, 0.15) is 0 Å². The van der Waals surface area contributed by atoms with Crippen molar-refractivity contribution in [3.05, 3.63) is 56.6 Å². The van der Waals surface area contributed by atoms with Gasteiger partial charge in [-0.15, -0.1) is 0 Å². The van der Waals surface area contributed by atoms with Crippen molar-refractivity contribution in [2.75, 3.05) is 17.2 Å². The van der Waals surface area contributed by atoms with Crippen molar-refractivity contribution in [3.8, 4) is 0 Å². The van der Waals surface area contributed by atoms with E-state index in [0.717, 1.165) is 20.5 Å². The van der Waals surface area contributed by atoms with Gasteiger partial charge in [-0.3, -0.25) is 4.79 Å². The Morgan fingerprint density at radius 3 is 2.60 bits per heavy atom. The van der Waals surface area contributed by atoms with E-state index in [1.807, 2.05) is 49.4 Å². The largest absolute Gasteiger partial charge is 0.376 e. The maximum Gasteiger partial charge on any atom is 0.243 e. The minimum absolute atomic E-state index is 0.0894. The van der Waals surface area contributed by atoms with Crippen LogP contribution in [0, 0.1) is 10.5 Å². The summed E-state index contributed by atoms with van der Waals surface area (Å²) in [6, 6.07) is 13.2. The summed E-state index contributed by atoms with van der Waals surface area (Å²) < 4.78 is 1.01. The van der Waals surface area contributed by atoms with Gasteiger partial charge in [0, 0.05) is 14.3 Å². The molecule has 0 bridgehead atoms. The second-order valence-electron chi connectivity index (χ2n) is 4.29. The first kappa shape index (κ1) is 15.1. The zero-order chi connectivity index (χ0) is 14.5. The zero-order valence-electron chi connectivity index (χ0n) is 10.9. The Morgan fingerprint density at radius 1 is 1.15 bits per heavy atom. The fourth-order valence-electron chi connectivity index (χ4n) is 1.73. The molecule has 0 heterocycles. The maximum absolute atomic E-state index is 11.9. The number of carbonyl (C=O) groups is 1. The van der Waals surface area contributed by atoms with Crippen LogP contribution in [0.15, 0.2) is 42.5 Å². The fourth-order valence-corrected chi connectivity index (χ4v) is 2.43. The van der Waals surface area contributed by atoms with Crippen LogP contribution in [0.4, 0.5) is 11.4 Å². The van der Waals surface area contributed by atoms with Crippen LogP contribution in [0.2, 0.25) is 5.02 Å². The van der Waals surface area contributed by atoms with Crippen LogP contribution in [-0.2, 0) is 4.79 Å². The highest BCUT2D eigenvalue weighted by atomic mass is 127. The standard InChI is InChI=1S/C15H14ClIN2O/c1-10-11(16)5-4-8-13(10)18-9-15(20)19-14-7-3-2-6-12(14)17/h2-8,18H,9H2,1H3,(H,19,20). The van der Waals surface area contributed by atoms with E-state index in [9.17, 15) is 4.79 Å². The topological polar surface area (TPSA) is 41.1 Å². The lowest BCUT2D eigenvalue weighted by Crippen LogP contribution is -2.22. The molecule has 2 aromatic carbocycles. The number of nitrogens with one attached hydrogen (secondary N) is 2. The molecule has 0 aliphatic carbocycles. The summed E-state index contributed by atoms with van der Waals surface area (Å²) in [5.74, 6) is -0.0894. The minimum atomic E-state index is -0.0894. The molecule has 20 heavy (non-hydrogen) atoms. The van der Waals surface area contributed by atoms with Crippen molar-refractivity contribution >= 4 is 51.5 Å². The minimum Gasteiger partial charge on any atom is -0.376 e. The molecule has 2 rings (SSSR count). The molecule has 0 aliphatic rings. The Kier molecular flexibility index (Phi) is 5.25. The summed E-state index contributed by atoms with van der Waals surface area (Å²) in [6.45, 7) is 2.12. The number of amides is 1. The average molecular weight is 401 g/mol. The molecule has 1 amide bonds. The number of halogens is 2. The third-order valence-electron chi connectivity index (χ3n) is 2.86. The van der Waals surface area contributed by atoms with Crippen LogP contribution >= 0.6 is 34.2 Å². The summed E-state index contributed by atoms with van der Waals surface area (Å²) >= 11 is 8.23. The molecule has 2 N–H and O–H groups in total. The smallest absolute Gasteiger partial charge is 0.243 e. The summed E-state index contributed by atoms with van der Waals surface area (Å²) in [5, 5.41) is 6.65. The van der Waals surface area contributed by atoms with Gasteiger partial charge in [-0.1, -0.05) is 29.8 Å². The van der Waals surface area contributed by atoms with Gasteiger partial charge in [0.25, 0.3) is 0 Å². The highest BCUT2D eigenvalue weighted by Gasteiger charge is 2.06. The van der Waals surface area contributed by atoms with E-state index in [0.29, 0.717) is 5.02 Å². The number of para-hydroxylation sites is 1. The SMILES string of the molecule is Cc1c(Cl)cccc1NCC(=O)Nc1ccccc1I. The van der Waals surface area contributed by atoms with Crippen LogP contribution in [0.5, 0.6) is 0 Å². The molecule has 0 saturated carbocycles. The molecular weight excluding hydrogens is 387 g/mol. The molecule has 2 aromatic rings. The molecular formula is C15H14ClIN2O. The Hall–Kier alpha value is -1.27. The van der Waals surface area contributed by atoms with E-state index in [1.165, 1.54) is 0 Å². The van der Waals surface area contributed by atoms with Crippen molar-refractivity contribution in [2.45, 2.75) is 6.92 Å². The van der Waals surface area contributed by atoms with Crippen molar-refractivity contribution in [2.24, 2.45) is 0 Å². The van der Waals surface area contributed by atoms with Crippen LogP contribution in [0.1, 0.15) is 5.56 Å².